The summed E-state index contributed by atoms with van der Waals surface area (Å²) >= 11 is 0. The highest BCUT2D eigenvalue weighted by atomic mass is 19.1. The number of carbonyl (C=O) groups excluding carboxylic acids is 2. The van der Waals surface area contributed by atoms with Gasteiger partial charge in [0.1, 0.15) is 18.2 Å². The zero-order chi connectivity index (χ0) is 17.1. The molecule has 1 aliphatic rings. The van der Waals surface area contributed by atoms with E-state index in [1.165, 1.54) is 19.1 Å². The SMILES string of the molecule is CC(=O)c1ccc2c(c1)N(C(=O)CCc1cccc(F)c1)CCO2. The molecular weight excluding hydrogens is 309 g/mol. The van der Waals surface area contributed by atoms with Crippen LogP contribution in [0.4, 0.5) is 10.1 Å². The van der Waals surface area contributed by atoms with Crippen molar-refractivity contribution in [2.45, 2.75) is 19.8 Å². The fourth-order valence-corrected chi connectivity index (χ4v) is 2.77. The number of Topliss-reactive ketones (excluding diaryl/α,β-unsaturated/α-hetero) is 1. The van der Waals surface area contributed by atoms with Gasteiger partial charge in [0.25, 0.3) is 0 Å². The molecule has 5 heteroatoms. The van der Waals surface area contributed by atoms with E-state index in [1.54, 1.807) is 35.2 Å². The van der Waals surface area contributed by atoms with Crippen LogP contribution in [0.2, 0.25) is 0 Å². The van der Waals surface area contributed by atoms with Gasteiger partial charge in [-0.3, -0.25) is 9.59 Å². The average molecular weight is 327 g/mol. The molecule has 0 fully saturated rings. The predicted molar refractivity (Wildman–Crippen MR) is 89.0 cm³/mol. The summed E-state index contributed by atoms with van der Waals surface area (Å²) < 4.78 is 18.8. The molecular formula is C19H18FNO3. The van der Waals surface area contributed by atoms with Gasteiger partial charge in [-0.25, -0.2) is 4.39 Å². The van der Waals surface area contributed by atoms with Crippen molar-refractivity contribution in [2.24, 2.45) is 0 Å². The Morgan fingerprint density at radius 3 is 2.79 bits per heavy atom. The van der Waals surface area contributed by atoms with Crippen molar-refractivity contribution in [1.29, 1.82) is 0 Å². The molecule has 0 saturated heterocycles. The number of nitrogens with zero attached hydrogens (tertiary/aromatic N) is 1. The number of ketones is 1. The summed E-state index contributed by atoms with van der Waals surface area (Å²) in [5.74, 6) is 0.174. The van der Waals surface area contributed by atoms with Gasteiger partial charge in [0, 0.05) is 12.0 Å². The molecule has 0 bridgehead atoms. The van der Waals surface area contributed by atoms with Crippen molar-refractivity contribution in [3.63, 3.8) is 0 Å². The Morgan fingerprint density at radius 2 is 2.04 bits per heavy atom. The summed E-state index contributed by atoms with van der Waals surface area (Å²) in [6.07, 6.45) is 0.739. The maximum Gasteiger partial charge on any atom is 0.227 e. The van der Waals surface area contributed by atoms with Crippen molar-refractivity contribution in [2.75, 3.05) is 18.1 Å². The molecule has 0 aromatic heterocycles. The lowest BCUT2D eigenvalue weighted by Gasteiger charge is -2.30. The Kier molecular flexibility index (Phi) is 4.60. The molecule has 0 N–H and O–H groups in total. The minimum atomic E-state index is -0.303. The van der Waals surface area contributed by atoms with Gasteiger partial charge in [0.2, 0.25) is 5.91 Å². The van der Waals surface area contributed by atoms with Gasteiger partial charge in [0.15, 0.2) is 5.78 Å². The molecule has 0 aliphatic carbocycles. The second-order valence-electron chi connectivity index (χ2n) is 5.76. The van der Waals surface area contributed by atoms with Gasteiger partial charge in [-0.1, -0.05) is 12.1 Å². The van der Waals surface area contributed by atoms with Crippen molar-refractivity contribution in [3.8, 4) is 5.75 Å². The van der Waals surface area contributed by atoms with E-state index in [2.05, 4.69) is 0 Å². The summed E-state index contributed by atoms with van der Waals surface area (Å²) in [5.41, 5.74) is 1.95. The number of benzene rings is 2. The number of ether oxygens (including phenoxy) is 1. The lowest BCUT2D eigenvalue weighted by atomic mass is 10.1. The second kappa shape index (κ2) is 6.83. The molecule has 0 unspecified atom stereocenters. The zero-order valence-corrected chi connectivity index (χ0v) is 13.4. The number of hydrogen-bond acceptors (Lipinski definition) is 3. The van der Waals surface area contributed by atoms with Crippen LogP contribution in [0.5, 0.6) is 5.75 Å². The largest absolute Gasteiger partial charge is 0.490 e. The van der Waals surface area contributed by atoms with Gasteiger partial charge in [-0.2, -0.15) is 0 Å². The fraction of sp³-hybridized carbons (Fsp3) is 0.263. The van der Waals surface area contributed by atoms with Crippen LogP contribution in [0.25, 0.3) is 0 Å². The number of hydrogen-bond donors (Lipinski definition) is 0. The van der Waals surface area contributed by atoms with Crippen LogP contribution < -0.4 is 9.64 Å². The van der Waals surface area contributed by atoms with Crippen LogP contribution >= 0.6 is 0 Å². The fourth-order valence-electron chi connectivity index (χ4n) is 2.77. The lowest BCUT2D eigenvalue weighted by molar-refractivity contribution is -0.118. The molecule has 0 atom stereocenters. The van der Waals surface area contributed by atoms with Crippen LogP contribution in [0.1, 0.15) is 29.3 Å². The molecule has 124 valence electrons. The van der Waals surface area contributed by atoms with Crippen molar-refractivity contribution >= 4 is 17.4 Å². The van der Waals surface area contributed by atoms with E-state index in [-0.39, 0.29) is 23.9 Å². The molecule has 1 heterocycles. The van der Waals surface area contributed by atoms with Crippen LogP contribution in [0, 0.1) is 5.82 Å². The monoisotopic (exact) mass is 327 g/mol. The Labute approximate surface area is 139 Å². The van der Waals surface area contributed by atoms with Gasteiger partial charge in [-0.05, 0) is 49.2 Å². The molecule has 0 spiro atoms. The third-order valence-electron chi connectivity index (χ3n) is 4.05. The van der Waals surface area contributed by atoms with E-state index in [0.717, 1.165) is 5.56 Å². The Balaban J connectivity index is 1.76. The number of rotatable bonds is 4. The highest BCUT2D eigenvalue weighted by Gasteiger charge is 2.24. The van der Waals surface area contributed by atoms with E-state index in [1.807, 2.05) is 0 Å². The van der Waals surface area contributed by atoms with E-state index < -0.39 is 0 Å². The van der Waals surface area contributed by atoms with Crippen LogP contribution in [0.15, 0.2) is 42.5 Å². The molecule has 0 radical (unpaired) electrons. The van der Waals surface area contributed by atoms with E-state index in [9.17, 15) is 14.0 Å². The predicted octanol–water partition coefficient (Wildman–Crippen LogP) is 3.39. The van der Waals surface area contributed by atoms with Gasteiger partial charge < -0.3 is 9.64 Å². The first kappa shape index (κ1) is 16.2. The summed E-state index contributed by atoms with van der Waals surface area (Å²) in [4.78, 5) is 25.8. The minimum absolute atomic E-state index is 0.0597. The summed E-state index contributed by atoms with van der Waals surface area (Å²) in [6, 6.07) is 11.4. The first-order valence-corrected chi connectivity index (χ1v) is 7.87. The average Bonchev–Trinajstić information content (AvgIpc) is 2.58. The summed E-state index contributed by atoms with van der Waals surface area (Å²) in [7, 11) is 0. The summed E-state index contributed by atoms with van der Waals surface area (Å²) in [5, 5.41) is 0. The number of amides is 1. The van der Waals surface area contributed by atoms with Crippen LogP contribution in [0.3, 0.4) is 0 Å². The molecule has 4 nitrogen and oxygen atoms in total. The molecule has 3 rings (SSSR count). The standard InChI is InChI=1S/C19H18FNO3/c1-13(22)15-6-7-18-17(12-15)21(9-10-24-18)19(23)8-5-14-3-2-4-16(20)11-14/h2-4,6-7,11-12H,5,8-10H2,1H3. The zero-order valence-electron chi connectivity index (χ0n) is 13.4. The number of aryl methyl sites for hydroxylation is 1. The molecule has 0 saturated carbocycles. The molecule has 2 aromatic rings. The lowest BCUT2D eigenvalue weighted by Crippen LogP contribution is -2.38. The quantitative estimate of drug-likeness (QED) is 0.809. The van der Waals surface area contributed by atoms with E-state index >= 15 is 0 Å². The van der Waals surface area contributed by atoms with Crippen molar-refractivity contribution in [1.82, 2.24) is 0 Å². The maximum absolute atomic E-state index is 13.2. The number of carbonyl (C=O) groups is 2. The smallest absolute Gasteiger partial charge is 0.227 e. The topological polar surface area (TPSA) is 46.6 Å². The van der Waals surface area contributed by atoms with Crippen molar-refractivity contribution in [3.05, 3.63) is 59.4 Å². The molecule has 1 aliphatic heterocycles. The number of fused-ring (bicyclic) bond motifs is 1. The van der Waals surface area contributed by atoms with E-state index in [4.69, 9.17) is 4.74 Å². The van der Waals surface area contributed by atoms with Crippen LogP contribution in [-0.2, 0) is 11.2 Å². The van der Waals surface area contributed by atoms with Crippen molar-refractivity contribution < 1.29 is 18.7 Å². The third-order valence-corrected chi connectivity index (χ3v) is 4.05. The first-order chi connectivity index (χ1) is 11.5. The normalized spacial score (nSPS) is 13.2. The Hall–Kier alpha value is -2.69. The third kappa shape index (κ3) is 3.45. The number of anilines is 1. The second-order valence-corrected chi connectivity index (χ2v) is 5.76. The van der Waals surface area contributed by atoms with E-state index in [0.29, 0.717) is 36.6 Å². The molecule has 2 aromatic carbocycles. The van der Waals surface area contributed by atoms with Gasteiger partial charge in [0.05, 0.1) is 12.2 Å². The van der Waals surface area contributed by atoms with Gasteiger partial charge in [-0.15, -0.1) is 0 Å². The highest BCUT2D eigenvalue weighted by molar-refractivity contribution is 5.99. The molecule has 24 heavy (non-hydrogen) atoms. The Bertz CT molecular complexity index is 788. The Morgan fingerprint density at radius 1 is 1.21 bits per heavy atom. The first-order valence-electron chi connectivity index (χ1n) is 7.87. The maximum atomic E-state index is 13.2. The molecule has 1 amide bonds. The summed E-state index contributed by atoms with van der Waals surface area (Å²) in [6.45, 7) is 2.34. The minimum Gasteiger partial charge on any atom is -0.490 e. The highest BCUT2D eigenvalue weighted by Crippen LogP contribution is 2.33. The number of halogens is 1. The van der Waals surface area contributed by atoms with Crippen LogP contribution in [-0.4, -0.2) is 24.8 Å². The van der Waals surface area contributed by atoms with Gasteiger partial charge >= 0.3 is 0 Å².